The summed E-state index contributed by atoms with van der Waals surface area (Å²) in [5.74, 6) is 1.38. The molecule has 0 spiro atoms. The van der Waals surface area contributed by atoms with Gasteiger partial charge in [0, 0.05) is 34.9 Å². The number of Topliss-reactive ketones (excluding diaryl/α,β-unsaturated/α-hetero) is 1. The fourth-order valence-electron chi connectivity index (χ4n) is 2.85. The zero-order chi connectivity index (χ0) is 13.3. The topological polar surface area (TPSA) is 57.8 Å². The Balaban J connectivity index is 0.000000574. The zero-order valence-corrected chi connectivity index (χ0v) is 11.6. The van der Waals surface area contributed by atoms with E-state index in [1.54, 1.807) is 0 Å². The number of fused-ring (bicyclic) bond motifs is 1. The van der Waals surface area contributed by atoms with Crippen molar-refractivity contribution in [2.45, 2.75) is 52.9 Å². The highest BCUT2D eigenvalue weighted by Gasteiger charge is 2.33. The Morgan fingerprint density at radius 1 is 1.28 bits per heavy atom. The predicted molar refractivity (Wildman–Crippen MR) is 72.6 cm³/mol. The van der Waals surface area contributed by atoms with Crippen molar-refractivity contribution in [1.29, 1.82) is 0 Å². The second-order valence-corrected chi connectivity index (χ2v) is 4.63. The molecule has 0 amide bonds. The third-order valence-electron chi connectivity index (χ3n) is 3.59. The number of aromatic amines is 1. The summed E-state index contributed by atoms with van der Waals surface area (Å²) in [4.78, 5) is 12.0. The Kier molecular flexibility index (Phi) is 3.55. The zero-order valence-electron chi connectivity index (χ0n) is 11.6. The van der Waals surface area contributed by atoms with Crippen LogP contribution in [0.25, 0.3) is 0 Å². The van der Waals surface area contributed by atoms with Crippen LogP contribution in [0.3, 0.4) is 0 Å². The van der Waals surface area contributed by atoms with Crippen LogP contribution >= 0.6 is 0 Å². The first-order valence-corrected chi connectivity index (χ1v) is 6.76. The number of ketones is 1. The molecule has 0 bridgehead atoms. The summed E-state index contributed by atoms with van der Waals surface area (Å²) in [5, 5.41) is 10.5. The molecule has 4 heteroatoms. The first-order chi connectivity index (χ1) is 8.68. The number of hydrogen-bond acceptors (Lipinski definition) is 3. The van der Waals surface area contributed by atoms with Gasteiger partial charge in [-0.15, -0.1) is 0 Å². The van der Waals surface area contributed by atoms with Gasteiger partial charge in [0.1, 0.15) is 0 Å². The molecule has 2 heterocycles. The second kappa shape index (κ2) is 4.96. The molecule has 2 N–H and O–H groups in total. The van der Waals surface area contributed by atoms with Crippen molar-refractivity contribution in [3.05, 3.63) is 22.5 Å². The number of rotatable bonds is 0. The summed E-state index contributed by atoms with van der Waals surface area (Å²) >= 11 is 0. The number of carbonyl (C=O) groups excluding carboxylic acids is 1. The first kappa shape index (κ1) is 12.9. The number of allylic oxidation sites excluding steroid dienone is 2. The van der Waals surface area contributed by atoms with Crippen LogP contribution in [0.5, 0.6) is 0 Å². The molecule has 18 heavy (non-hydrogen) atoms. The Labute approximate surface area is 108 Å². The summed E-state index contributed by atoms with van der Waals surface area (Å²) < 4.78 is 0. The van der Waals surface area contributed by atoms with Crippen LogP contribution in [-0.4, -0.2) is 16.0 Å². The van der Waals surface area contributed by atoms with E-state index < -0.39 is 0 Å². The average molecular weight is 247 g/mol. The minimum atomic E-state index is 0.179. The van der Waals surface area contributed by atoms with Crippen molar-refractivity contribution in [3.63, 3.8) is 0 Å². The molecular formula is C14H21N3O. The van der Waals surface area contributed by atoms with Gasteiger partial charge in [0.2, 0.25) is 0 Å². The maximum atomic E-state index is 12.0. The number of nitrogens with one attached hydrogen (secondary N) is 2. The van der Waals surface area contributed by atoms with Crippen LogP contribution < -0.4 is 5.32 Å². The normalized spacial score (nSPS) is 21.6. The molecule has 1 aliphatic carbocycles. The molecule has 0 radical (unpaired) electrons. The van der Waals surface area contributed by atoms with Gasteiger partial charge in [0.15, 0.2) is 11.6 Å². The number of aromatic nitrogens is 2. The number of H-pyrrole nitrogens is 1. The van der Waals surface area contributed by atoms with Crippen LogP contribution in [0.15, 0.2) is 11.3 Å². The summed E-state index contributed by atoms with van der Waals surface area (Å²) in [6, 6.07) is 0. The standard InChI is InChI=1S/C12H15N3O.C2H6/c1-6-10-7(2)14-15-12(10)13-8-4-3-5-9(16)11(6)8;1-2/h6H,3-5H2,1-2H3,(H2,13,14,15);1-2H3. The maximum absolute atomic E-state index is 12.0. The fourth-order valence-corrected chi connectivity index (χ4v) is 2.85. The molecule has 1 aromatic rings. The predicted octanol–water partition coefficient (Wildman–Crippen LogP) is 3.28. The van der Waals surface area contributed by atoms with Crippen molar-refractivity contribution >= 4 is 11.6 Å². The Hall–Kier alpha value is -1.58. The smallest absolute Gasteiger partial charge is 0.161 e. The number of nitrogens with zero attached hydrogens (tertiary/aromatic N) is 1. The lowest BCUT2D eigenvalue weighted by Crippen LogP contribution is -2.24. The summed E-state index contributed by atoms with van der Waals surface area (Å²) in [6.45, 7) is 8.10. The van der Waals surface area contributed by atoms with E-state index >= 15 is 0 Å². The Bertz CT molecular complexity index is 499. The highest BCUT2D eigenvalue weighted by molar-refractivity contribution is 6.00. The van der Waals surface area contributed by atoms with E-state index in [0.717, 1.165) is 41.2 Å². The number of carbonyl (C=O) groups is 1. The van der Waals surface area contributed by atoms with Crippen molar-refractivity contribution in [3.8, 4) is 0 Å². The van der Waals surface area contributed by atoms with E-state index in [0.29, 0.717) is 12.2 Å². The van der Waals surface area contributed by atoms with Gasteiger partial charge in [-0.3, -0.25) is 9.89 Å². The van der Waals surface area contributed by atoms with Gasteiger partial charge in [0.05, 0.1) is 0 Å². The molecule has 1 aliphatic heterocycles. The SMILES string of the molecule is CC.Cc1[nH]nc2c1C(C)C1=C(CCCC1=O)N2. The van der Waals surface area contributed by atoms with Crippen LogP contribution in [0.2, 0.25) is 0 Å². The highest BCUT2D eigenvalue weighted by atomic mass is 16.1. The van der Waals surface area contributed by atoms with Gasteiger partial charge < -0.3 is 5.32 Å². The van der Waals surface area contributed by atoms with E-state index in [1.165, 1.54) is 0 Å². The second-order valence-electron chi connectivity index (χ2n) is 4.63. The van der Waals surface area contributed by atoms with Crippen molar-refractivity contribution in [1.82, 2.24) is 10.2 Å². The van der Waals surface area contributed by atoms with E-state index in [1.807, 2.05) is 20.8 Å². The molecule has 1 atom stereocenters. The molecule has 98 valence electrons. The molecule has 0 saturated carbocycles. The van der Waals surface area contributed by atoms with E-state index in [-0.39, 0.29) is 5.92 Å². The maximum Gasteiger partial charge on any atom is 0.161 e. The van der Waals surface area contributed by atoms with Crippen molar-refractivity contribution in [2.75, 3.05) is 5.32 Å². The van der Waals surface area contributed by atoms with E-state index in [4.69, 9.17) is 0 Å². The minimum absolute atomic E-state index is 0.179. The lowest BCUT2D eigenvalue weighted by atomic mass is 9.81. The quantitative estimate of drug-likeness (QED) is 0.739. The molecule has 4 nitrogen and oxygen atoms in total. The monoisotopic (exact) mass is 247 g/mol. The fraction of sp³-hybridized carbons (Fsp3) is 0.571. The highest BCUT2D eigenvalue weighted by Crippen LogP contribution is 2.41. The molecule has 0 fully saturated rings. The van der Waals surface area contributed by atoms with Gasteiger partial charge in [-0.1, -0.05) is 20.8 Å². The van der Waals surface area contributed by atoms with Gasteiger partial charge >= 0.3 is 0 Å². The van der Waals surface area contributed by atoms with Gasteiger partial charge in [-0.2, -0.15) is 5.10 Å². The number of hydrogen-bond donors (Lipinski definition) is 2. The summed E-state index contributed by atoms with van der Waals surface area (Å²) in [6.07, 6.45) is 2.62. The number of aryl methyl sites for hydroxylation is 1. The third kappa shape index (κ3) is 1.85. The first-order valence-electron chi connectivity index (χ1n) is 6.76. The van der Waals surface area contributed by atoms with Crippen molar-refractivity contribution < 1.29 is 4.79 Å². The Morgan fingerprint density at radius 2 is 2.00 bits per heavy atom. The minimum Gasteiger partial charge on any atom is -0.342 e. The molecular weight excluding hydrogens is 226 g/mol. The van der Waals surface area contributed by atoms with E-state index in [9.17, 15) is 4.79 Å². The lowest BCUT2D eigenvalue weighted by Gasteiger charge is -2.29. The van der Waals surface area contributed by atoms with Crippen LogP contribution in [-0.2, 0) is 4.79 Å². The Morgan fingerprint density at radius 3 is 2.72 bits per heavy atom. The van der Waals surface area contributed by atoms with Crippen LogP contribution in [0.4, 0.5) is 5.82 Å². The molecule has 2 aliphatic rings. The third-order valence-corrected chi connectivity index (χ3v) is 3.59. The molecule has 0 saturated heterocycles. The van der Waals surface area contributed by atoms with Crippen molar-refractivity contribution in [2.24, 2.45) is 0 Å². The van der Waals surface area contributed by atoms with Gasteiger partial charge in [0.25, 0.3) is 0 Å². The lowest BCUT2D eigenvalue weighted by molar-refractivity contribution is -0.116. The van der Waals surface area contributed by atoms with E-state index in [2.05, 4.69) is 22.4 Å². The summed E-state index contributed by atoms with van der Waals surface area (Å²) in [7, 11) is 0. The van der Waals surface area contributed by atoms with Gasteiger partial charge in [-0.25, -0.2) is 0 Å². The number of anilines is 1. The molecule has 1 aromatic heterocycles. The molecule has 1 unspecified atom stereocenters. The summed E-state index contributed by atoms with van der Waals surface area (Å²) in [5.41, 5.74) is 4.26. The molecule has 0 aromatic carbocycles. The average Bonchev–Trinajstić information content (AvgIpc) is 2.74. The van der Waals surface area contributed by atoms with Gasteiger partial charge in [-0.05, 0) is 19.8 Å². The largest absolute Gasteiger partial charge is 0.342 e. The molecule has 3 rings (SSSR count). The van der Waals surface area contributed by atoms with Crippen LogP contribution in [0, 0.1) is 6.92 Å². The van der Waals surface area contributed by atoms with Crippen LogP contribution in [0.1, 0.15) is 57.2 Å².